The molecule has 152 valence electrons. The van der Waals surface area contributed by atoms with Crippen molar-refractivity contribution in [3.8, 4) is 0 Å². The summed E-state index contributed by atoms with van der Waals surface area (Å²) in [6.45, 7) is 0.782. The van der Waals surface area contributed by atoms with Gasteiger partial charge in [-0.2, -0.15) is 5.10 Å². The van der Waals surface area contributed by atoms with Crippen LogP contribution >= 0.6 is 11.3 Å². The van der Waals surface area contributed by atoms with E-state index in [4.69, 9.17) is 0 Å². The highest BCUT2D eigenvalue weighted by molar-refractivity contribution is 7.15. The maximum atomic E-state index is 13.3. The lowest BCUT2D eigenvalue weighted by molar-refractivity contribution is -0.0193. The lowest BCUT2D eigenvalue weighted by atomic mass is 9.88. The van der Waals surface area contributed by atoms with E-state index in [2.05, 4.69) is 20.5 Å². The van der Waals surface area contributed by atoms with Crippen LogP contribution in [-0.2, 0) is 12.0 Å². The van der Waals surface area contributed by atoms with Crippen LogP contribution in [0.15, 0.2) is 36.7 Å². The quantitative estimate of drug-likeness (QED) is 0.605. The van der Waals surface area contributed by atoms with Crippen LogP contribution in [0.4, 0.5) is 18.7 Å². The van der Waals surface area contributed by atoms with Crippen LogP contribution in [0, 0.1) is 11.6 Å². The van der Waals surface area contributed by atoms with Gasteiger partial charge >= 0.3 is 6.03 Å². The number of benzene rings is 1. The first kappa shape index (κ1) is 19.5. The van der Waals surface area contributed by atoms with Crippen LogP contribution in [0.5, 0.6) is 0 Å². The third-order valence-corrected chi connectivity index (χ3v) is 5.86. The third kappa shape index (κ3) is 4.43. The Morgan fingerprint density at radius 1 is 1.28 bits per heavy atom. The fourth-order valence-electron chi connectivity index (χ4n) is 3.40. The standard InChI is InChI=1S/C19H19F2N5O2S/c20-13-7-12(8-14(21)10-13)9-15-11-22-17(29-15)24-18(27)26-5-2-19(28,3-6-26)16-1-4-23-25-16/h1,4,7-8,10-11,28H,2-3,5-6,9H2,(H,23,25)(H,22,24,27). The molecule has 10 heteroatoms. The van der Waals surface area contributed by atoms with Gasteiger partial charge in [0, 0.05) is 42.8 Å². The fourth-order valence-corrected chi connectivity index (χ4v) is 4.23. The molecule has 3 heterocycles. The second-order valence-corrected chi connectivity index (χ2v) is 8.12. The molecule has 0 aliphatic carbocycles. The number of hydrogen-bond acceptors (Lipinski definition) is 5. The van der Waals surface area contributed by atoms with E-state index in [0.29, 0.717) is 48.7 Å². The van der Waals surface area contributed by atoms with Gasteiger partial charge in [-0.25, -0.2) is 18.6 Å². The number of hydrogen-bond donors (Lipinski definition) is 3. The molecule has 0 spiro atoms. The summed E-state index contributed by atoms with van der Waals surface area (Å²) in [4.78, 5) is 19.1. The summed E-state index contributed by atoms with van der Waals surface area (Å²) in [5.74, 6) is -1.25. The monoisotopic (exact) mass is 419 g/mol. The highest BCUT2D eigenvalue weighted by atomic mass is 32.1. The van der Waals surface area contributed by atoms with Crippen molar-refractivity contribution in [1.82, 2.24) is 20.1 Å². The Labute approximate surface area is 169 Å². The van der Waals surface area contributed by atoms with Gasteiger partial charge in [-0.3, -0.25) is 10.4 Å². The maximum Gasteiger partial charge on any atom is 0.323 e. The maximum absolute atomic E-state index is 13.3. The number of carbonyl (C=O) groups excluding carboxylic acids is 1. The summed E-state index contributed by atoms with van der Waals surface area (Å²) in [5.41, 5.74) is 0.135. The van der Waals surface area contributed by atoms with E-state index in [1.165, 1.54) is 23.5 Å². The number of rotatable bonds is 4. The first-order valence-electron chi connectivity index (χ1n) is 9.09. The van der Waals surface area contributed by atoms with Gasteiger partial charge in [-0.15, -0.1) is 11.3 Å². The molecule has 1 aliphatic heterocycles. The molecule has 0 bridgehead atoms. The van der Waals surface area contributed by atoms with Crippen molar-refractivity contribution >= 4 is 22.5 Å². The van der Waals surface area contributed by atoms with Crippen LogP contribution in [0.25, 0.3) is 0 Å². The van der Waals surface area contributed by atoms with Crippen LogP contribution < -0.4 is 5.32 Å². The second kappa shape index (κ2) is 7.88. The molecule has 1 aliphatic rings. The largest absolute Gasteiger partial charge is 0.383 e. The molecule has 2 amide bonds. The highest BCUT2D eigenvalue weighted by Crippen LogP contribution is 2.31. The van der Waals surface area contributed by atoms with Gasteiger partial charge in [0.2, 0.25) is 0 Å². The number of carbonyl (C=O) groups is 1. The molecular formula is C19H19F2N5O2S. The molecule has 0 unspecified atom stereocenters. The molecule has 0 saturated carbocycles. The summed E-state index contributed by atoms with van der Waals surface area (Å²) in [6.07, 6.45) is 4.29. The van der Waals surface area contributed by atoms with Crippen LogP contribution in [0.3, 0.4) is 0 Å². The minimum atomic E-state index is -1.01. The van der Waals surface area contributed by atoms with E-state index in [9.17, 15) is 18.7 Å². The normalized spacial score (nSPS) is 16.0. The first-order valence-corrected chi connectivity index (χ1v) is 9.91. The number of piperidine rings is 1. The Morgan fingerprint density at radius 3 is 2.66 bits per heavy atom. The average molecular weight is 419 g/mol. The average Bonchev–Trinajstić information content (AvgIpc) is 3.34. The van der Waals surface area contributed by atoms with E-state index in [1.807, 2.05) is 0 Å². The molecule has 1 fully saturated rings. The summed E-state index contributed by atoms with van der Waals surface area (Å²) < 4.78 is 26.6. The van der Waals surface area contributed by atoms with E-state index in [1.54, 1.807) is 23.4 Å². The lowest BCUT2D eigenvalue weighted by Crippen LogP contribution is -2.46. The van der Waals surface area contributed by atoms with E-state index in [0.717, 1.165) is 10.9 Å². The Kier molecular flexibility index (Phi) is 5.29. The van der Waals surface area contributed by atoms with Gasteiger partial charge in [0.05, 0.1) is 5.69 Å². The van der Waals surface area contributed by atoms with Crippen LogP contribution in [0.2, 0.25) is 0 Å². The van der Waals surface area contributed by atoms with E-state index >= 15 is 0 Å². The van der Waals surface area contributed by atoms with E-state index in [-0.39, 0.29) is 6.03 Å². The number of anilines is 1. The third-order valence-electron chi connectivity index (χ3n) is 4.95. The molecule has 0 radical (unpaired) electrons. The van der Waals surface area contributed by atoms with Crippen molar-refractivity contribution in [2.24, 2.45) is 0 Å². The van der Waals surface area contributed by atoms with Crippen molar-refractivity contribution in [1.29, 1.82) is 0 Å². The number of aliphatic hydroxyl groups is 1. The summed E-state index contributed by atoms with van der Waals surface area (Å²) in [5, 5.41) is 20.5. The fraction of sp³-hybridized carbons (Fsp3) is 0.316. The molecule has 4 rings (SSSR count). The molecule has 3 aromatic rings. The minimum Gasteiger partial charge on any atom is -0.383 e. The molecule has 3 N–H and O–H groups in total. The number of halogens is 2. The number of amides is 2. The molecule has 1 saturated heterocycles. The van der Waals surface area contributed by atoms with Gasteiger partial charge in [0.15, 0.2) is 5.13 Å². The van der Waals surface area contributed by atoms with Crippen molar-refractivity contribution in [3.63, 3.8) is 0 Å². The predicted octanol–water partition coefficient (Wildman–Crippen LogP) is 3.25. The zero-order valence-corrected chi connectivity index (χ0v) is 16.2. The number of H-pyrrole nitrogens is 1. The number of aromatic nitrogens is 3. The number of aromatic amines is 1. The van der Waals surface area contributed by atoms with Gasteiger partial charge in [0.1, 0.15) is 17.2 Å². The molecule has 2 aromatic heterocycles. The zero-order chi connectivity index (χ0) is 20.4. The Balaban J connectivity index is 1.34. The highest BCUT2D eigenvalue weighted by Gasteiger charge is 2.36. The topological polar surface area (TPSA) is 94.1 Å². The number of nitrogens with zero attached hydrogens (tertiary/aromatic N) is 3. The molecular weight excluding hydrogens is 400 g/mol. The Hall–Kier alpha value is -2.85. The molecule has 1 aromatic carbocycles. The van der Waals surface area contributed by atoms with Crippen molar-refractivity contribution in [3.05, 3.63) is 64.4 Å². The van der Waals surface area contributed by atoms with Gasteiger partial charge < -0.3 is 10.0 Å². The number of nitrogens with one attached hydrogen (secondary N) is 2. The number of thiazole rings is 1. The smallest absolute Gasteiger partial charge is 0.323 e. The summed E-state index contributed by atoms with van der Waals surface area (Å²) in [6, 6.07) is 4.81. The Morgan fingerprint density at radius 2 is 2.00 bits per heavy atom. The van der Waals surface area contributed by atoms with Gasteiger partial charge in [-0.05, 0) is 36.6 Å². The lowest BCUT2D eigenvalue weighted by Gasteiger charge is -2.37. The van der Waals surface area contributed by atoms with Crippen molar-refractivity contribution in [2.75, 3.05) is 18.4 Å². The zero-order valence-electron chi connectivity index (χ0n) is 15.4. The van der Waals surface area contributed by atoms with Crippen molar-refractivity contribution in [2.45, 2.75) is 24.9 Å². The summed E-state index contributed by atoms with van der Waals surface area (Å²) in [7, 11) is 0. The Bertz CT molecular complexity index is 980. The molecule has 7 nitrogen and oxygen atoms in total. The van der Waals surface area contributed by atoms with Gasteiger partial charge in [0.25, 0.3) is 0 Å². The molecule has 29 heavy (non-hydrogen) atoms. The SMILES string of the molecule is O=C(Nc1ncc(Cc2cc(F)cc(F)c2)s1)N1CCC(O)(c2ccn[nH]2)CC1. The summed E-state index contributed by atoms with van der Waals surface area (Å²) >= 11 is 1.25. The predicted molar refractivity (Wildman–Crippen MR) is 104 cm³/mol. The van der Waals surface area contributed by atoms with Crippen LogP contribution in [0.1, 0.15) is 29.0 Å². The van der Waals surface area contributed by atoms with Crippen molar-refractivity contribution < 1.29 is 18.7 Å². The first-order chi connectivity index (χ1) is 13.9. The number of urea groups is 1. The van der Waals surface area contributed by atoms with Gasteiger partial charge in [-0.1, -0.05) is 0 Å². The van der Waals surface area contributed by atoms with E-state index < -0.39 is 17.2 Å². The van der Waals surface area contributed by atoms with Crippen LogP contribution in [-0.4, -0.2) is 44.3 Å². The second-order valence-electron chi connectivity index (χ2n) is 7.01. The number of likely N-dealkylation sites (tertiary alicyclic amines) is 1. The molecule has 0 atom stereocenters. The minimum absolute atomic E-state index is 0.297.